The summed E-state index contributed by atoms with van der Waals surface area (Å²) in [6.45, 7) is 0. The van der Waals surface area contributed by atoms with Gasteiger partial charge in [-0.1, -0.05) is 12.2 Å². The molecular weight excluding hydrogens is 226 g/mol. The average Bonchev–Trinajstić information content (AvgIpc) is 2.59. The van der Waals surface area contributed by atoms with Crippen LogP contribution in [0.4, 0.5) is 10.6 Å². The Morgan fingerprint density at radius 3 is 2.94 bits per heavy atom. The van der Waals surface area contributed by atoms with E-state index in [2.05, 4.69) is 20.8 Å². The molecule has 1 heterocycles. The molecule has 0 aliphatic heterocycles. The highest BCUT2D eigenvalue weighted by Crippen LogP contribution is 2.18. The number of nitrogens with zero attached hydrogens (tertiary/aromatic N) is 1. The first-order valence-electron chi connectivity index (χ1n) is 5.07. The number of aromatic nitrogens is 2. The maximum atomic E-state index is 11.5. The van der Waals surface area contributed by atoms with Gasteiger partial charge in [-0.2, -0.15) is 5.10 Å². The monoisotopic (exact) mass is 239 g/mol. The number of nitrogens with one attached hydrogen (secondary N) is 3. The first-order chi connectivity index (χ1) is 7.66. The molecule has 6 nitrogen and oxygen atoms in total. The fraction of sp³-hybridized carbons (Fsp3) is 0.444. The minimum absolute atomic E-state index is 0.202. The van der Waals surface area contributed by atoms with E-state index in [4.69, 9.17) is 18.0 Å². The van der Waals surface area contributed by atoms with E-state index < -0.39 is 0 Å². The molecule has 0 bridgehead atoms. The lowest BCUT2D eigenvalue weighted by molar-refractivity contribution is 0.240. The third-order valence-corrected chi connectivity index (χ3v) is 2.80. The van der Waals surface area contributed by atoms with E-state index in [1.807, 2.05) is 0 Å². The number of thiocarbonyl (C=S) groups is 1. The van der Waals surface area contributed by atoms with Crippen molar-refractivity contribution in [1.29, 1.82) is 0 Å². The Balaban J connectivity index is 1.94. The molecule has 0 aromatic carbocycles. The van der Waals surface area contributed by atoms with Gasteiger partial charge in [0.1, 0.15) is 10.8 Å². The van der Waals surface area contributed by atoms with Gasteiger partial charge in [0.15, 0.2) is 0 Å². The lowest BCUT2D eigenvalue weighted by atomic mass is 9.93. The van der Waals surface area contributed by atoms with Crippen LogP contribution in [0.15, 0.2) is 6.20 Å². The molecule has 0 unspecified atom stereocenters. The molecular formula is C9H13N5OS. The van der Waals surface area contributed by atoms with Crippen molar-refractivity contribution in [1.82, 2.24) is 15.5 Å². The Bertz CT molecular complexity index is 412. The Kier molecular flexibility index (Phi) is 3.04. The summed E-state index contributed by atoms with van der Waals surface area (Å²) in [4.78, 5) is 11.7. The smallest absolute Gasteiger partial charge is 0.320 e. The summed E-state index contributed by atoms with van der Waals surface area (Å²) in [5.41, 5.74) is 6.01. The summed E-state index contributed by atoms with van der Waals surface area (Å²) in [6.07, 6.45) is 4.74. The molecule has 0 saturated heterocycles. The molecule has 0 spiro atoms. The average molecular weight is 239 g/mol. The van der Waals surface area contributed by atoms with E-state index in [0.29, 0.717) is 11.4 Å². The molecule has 2 amide bonds. The molecule has 1 aliphatic rings. The normalized spacial score (nSPS) is 15.2. The first-order valence-corrected chi connectivity index (χ1v) is 5.48. The lowest BCUT2D eigenvalue weighted by Crippen LogP contribution is -2.42. The molecule has 0 radical (unpaired) electrons. The Morgan fingerprint density at radius 1 is 1.62 bits per heavy atom. The maximum Gasteiger partial charge on any atom is 0.320 e. The van der Waals surface area contributed by atoms with E-state index in [-0.39, 0.29) is 17.1 Å². The number of amides is 2. The molecule has 1 aliphatic carbocycles. The fourth-order valence-electron chi connectivity index (χ4n) is 1.46. The van der Waals surface area contributed by atoms with Crippen LogP contribution in [0.3, 0.4) is 0 Å². The van der Waals surface area contributed by atoms with Crippen LogP contribution in [0, 0.1) is 0 Å². The van der Waals surface area contributed by atoms with Crippen LogP contribution < -0.4 is 16.4 Å². The third-order valence-electron chi connectivity index (χ3n) is 2.58. The minimum atomic E-state index is -0.258. The summed E-state index contributed by atoms with van der Waals surface area (Å²) in [5.74, 6) is 0.435. The predicted molar refractivity (Wildman–Crippen MR) is 64.3 cm³/mol. The fourth-order valence-corrected chi connectivity index (χ4v) is 1.61. The van der Waals surface area contributed by atoms with Crippen molar-refractivity contribution in [2.24, 2.45) is 5.73 Å². The van der Waals surface area contributed by atoms with Gasteiger partial charge in [0.2, 0.25) is 0 Å². The van der Waals surface area contributed by atoms with Gasteiger partial charge in [-0.25, -0.2) is 4.79 Å². The van der Waals surface area contributed by atoms with Gasteiger partial charge >= 0.3 is 6.03 Å². The zero-order chi connectivity index (χ0) is 11.5. The van der Waals surface area contributed by atoms with Gasteiger partial charge in [0, 0.05) is 6.04 Å². The first kappa shape index (κ1) is 10.9. The van der Waals surface area contributed by atoms with E-state index in [1.54, 1.807) is 0 Å². The highest BCUT2D eigenvalue weighted by atomic mass is 32.1. The molecule has 5 N–H and O–H groups in total. The number of hydrogen-bond acceptors (Lipinski definition) is 3. The van der Waals surface area contributed by atoms with Crippen LogP contribution in [-0.2, 0) is 0 Å². The Hall–Kier alpha value is -1.63. The number of carbonyl (C=O) groups is 1. The molecule has 7 heteroatoms. The van der Waals surface area contributed by atoms with Gasteiger partial charge in [-0.3, -0.25) is 10.4 Å². The van der Waals surface area contributed by atoms with Gasteiger partial charge in [0.05, 0.1) is 11.8 Å². The summed E-state index contributed by atoms with van der Waals surface area (Å²) in [6, 6.07) is 0.0302. The van der Waals surface area contributed by atoms with Crippen molar-refractivity contribution < 1.29 is 4.79 Å². The number of rotatable bonds is 3. The summed E-state index contributed by atoms with van der Waals surface area (Å²) >= 11 is 4.82. The van der Waals surface area contributed by atoms with Crippen LogP contribution in [0.5, 0.6) is 0 Å². The van der Waals surface area contributed by atoms with E-state index in [1.165, 1.54) is 12.6 Å². The zero-order valence-corrected chi connectivity index (χ0v) is 9.43. The molecule has 86 valence electrons. The third kappa shape index (κ3) is 2.30. The molecule has 1 saturated carbocycles. The predicted octanol–water partition coefficient (Wildman–Crippen LogP) is 0.718. The van der Waals surface area contributed by atoms with Gasteiger partial charge in [-0.05, 0) is 19.3 Å². The van der Waals surface area contributed by atoms with E-state index in [0.717, 1.165) is 12.8 Å². The quantitative estimate of drug-likeness (QED) is 0.584. The van der Waals surface area contributed by atoms with E-state index in [9.17, 15) is 4.79 Å². The van der Waals surface area contributed by atoms with Crippen molar-refractivity contribution >= 4 is 29.1 Å². The van der Waals surface area contributed by atoms with Crippen LogP contribution in [-0.4, -0.2) is 27.3 Å². The molecule has 1 aromatic rings. The largest absolute Gasteiger partial charge is 0.389 e. The number of nitrogens with two attached hydrogens (primary N) is 1. The summed E-state index contributed by atoms with van der Waals surface area (Å²) in [5, 5.41) is 11.9. The molecule has 2 rings (SSSR count). The topological polar surface area (TPSA) is 95.8 Å². The SMILES string of the molecule is NC(=S)c1cn[nH]c1NC(=O)NC1CCC1. The van der Waals surface area contributed by atoms with Crippen LogP contribution >= 0.6 is 12.2 Å². The zero-order valence-electron chi connectivity index (χ0n) is 8.62. The number of H-pyrrole nitrogens is 1. The van der Waals surface area contributed by atoms with Crippen molar-refractivity contribution in [3.63, 3.8) is 0 Å². The summed E-state index contributed by atoms with van der Waals surface area (Å²) in [7, 11) is 0. The second-order valence-electron chi connectivity index (χ2n) is 3.75. The molecule has 1 fully saturated rings. The second-order valence-corrected chi connectivity index (χ2v) is 4.19. The highest BCUT2D eigenvalue weighted by Gasteiger charge is 2.20. The van der Waals surface area contributed by atoms with Crippen molar-refractivity contribution in [2.45, 2.75) is 25.3 Å². The molecule has 1 aromatic heterocycles. The number of hydrogen-bond donors (Lipinski definition) is 4. The van der Waals surface area contributed by atoms with Gasteiger partial charge in [-0.15, -0.1) is 0 Å². The van der Waals surface area contributed by atoms with E-state index >= 15 is 0 Å². The number of carbonyl (C=O) groups excluding carboxylic acids is 1. The van der Waals surface area contributed by atoms with Crippen molar-refractivity contribution in [3.8, 4) is 0 Å². The molecule has 0 atom stereocenters. The minimum Gasteiger partial charge on any atom is -0.389 e. The lowest BCUT2D eigenvalue weighted by Gasteiger charge is -2.26. The Labute approximate surface area is 98.0 Å². The number of urea groups is 1. The van der Waals surface area contributed by atoms with Crippen molar-refractivity contribution in [2.75, 3.05) is 5.32 Å². The second kappa shape index (κ2) is 4.48. The summed E-state index contributed by atoms with van der Waals surface area (Å²) < 4.78 is 0. The molecule has 16 heavy (non-hydrogen) atoms. The van der Waals surface area contributed by atoms with Gasteiger partial charge in [0.25, 0.3) is 0 Å². The van der Waals surface area contributed by atoms with Gasteiger partial charge < -0.3 is 11.1 Å². The van der Waals surface area contributed by atoms with Crippen LogP contribution in [0.2, 0.25) is 0 Å². The number of anilines is 1. The maximum absolute atomic E-state index is 11.5. The standard InChI is InChI=1S/C9H13N5OS/c10-7(16)6-4-11-14-8(6)13-9(15)12-5-2-1-3-5/h4-5H,1-3H2,(H2,10,16)(H3,11,12,13,14,15). The van der Waals surface area contributed by atoms with Crippen molar-refractivity contribution in [3.05, 3.63) is 11.8 Å². The Morgan fingerprint density at radius 2 is 2.38 bits per heavy atom. The number of aromatic amines is 1. The van der Waals surface area contributed by atoms with Crippen LogP contribution in [0.1, 0.15) is 24.8 Å². The van der Waals surface area contributed by atoms with Crippen LogP contribution in [0.25, 0.3) is 0 Å². The highest BCUT2D eigenvalue weighted by molar-refractivity contribution is 7.80.